The van der Waals surface area contributed by atoms with E-state index in [9.17, 15) is 0 Å². The molecule has 0 amide bonds. The van der Waals surface area contributed by atoms with Gasteiger partial charge in [-0.3, -0.25) is 10.2 Å². The van der Waals surface area contributed by atoms with Crippen molar-refractivity contribution in [3.63, 3.8) is 0 Å². The third kappa shape index (κ3) is 4.86. The molecule has 0 unspecified atom stereocenters. The molecule has 2 N–H and O–H groups in total. The zero-order valence-electron chi connectivity index (χ0n) is 15.7. The van der Waals surface area contributed by atoms with Crippen LogP contribution in [-0.4, -0.2) is 73.1 Å². The Bertz CT molecular complexity index is 744. The summed E-state index contributed by atoms with van der Waals surface area (Å²) in [6, 6.07) is 20.8. The van der Waals surface area contributed by atoms with Crippen LogP contribution in [0.1, 0.15) is 0 Å². The van der Waals surface area contributed by atoms with Gasteiger partial charge in [-0.25, -0.2) is 14.8 Å². The van der Waals surface area contributed by atoms with E-state index in [2.05, 4.69) is 67.5 Å². The molecular weight excluding hydrogens is 338 g/mol. The Morgan fingerprint density at radius 2 is 1.56 bits per heavy atom. The average molecular weight is 366 g/mol. The van der Waals surface area contributed by atoms with Gasteiger partial charge in [-0.1, -0.05) is 36.4 Å². The fourth-order valence-electron chi connectivity index (χ4n) is 3.45. The molecule has 0 aliphatic carbocycles. The number of hydrogen-bond donors (Lipinski definition) is 2. The lowest BCUT2D eigenvalue weighted by molar-refractivity contribution is -0.477. The fourth-order valence-corrected chi connectivity index (χ4v) is 3.45. The number of morpholine rings is 1. The molecule has 2 aromatic rings. The van der Waals surface area contributed by atoms with Crippen molar-refractivity contribution >= 4 is 17.3 Å². The third-order valence-electron chi connectivity index (χ3n) is 5.02. The second-order valence-electron chi connectivity index (χ2n) is 6.93. The molecule has 0 spiro atoms. The van der Waals surface area contributed by atoms with Gasteiger partial charge in [0.25, 0.3) is 0 Å². The number of rotatable bonds is 5. The summed E-state index contributed by atoms with van der Waals surface area (Å²) in [6.45, 7) is 7.59. The van der Waals surface area contributed by atoms with Gasteiger partial charge in [0, 0.05) is 26.2 Å². The van der Waals surface area contributed by atoms with Crippen molar-refractivity contribution in [2.24, 2.45) is 0 Å². The molecule has 142 valence electrons. The van der Waals surface area contributed by atoms with E-state index in [4.69, 9.17) is 4.74 Å². The van der Waals surface area contributed by atoms with Gasteiger partial charge in [0.05, 0.1) is 18.9 Å². The Morgan fingerprint density at radius 3 is 2.30 bits per heavy atom. The standard InChI is InChI=1S/C21H27N5O/c1-3-7-19(8-4-1)23-21-22-17-25(12-11-24-13-15-27-16-14-24)18-26(21)20-9-5-2-6-10-20/h1-10H,11-18H2,(H,22,23)/p+1. The van der Waals surface area contributed by atoms with Crippen LogP contribution < -0.4 is 10.6 Å². The van der Waals surface area contributed by atoms with Crippen molar-refractivity contribution in [2.75, 3.05) is 58.0 Å². The summed E-state index contributed by atoms with van der Waals surface area (Å²) in [4.78, 5) is 4.93. The van der Waals surface area contributed by atoms with Crippen LogP contribution in [0.25, 0.3) is 0 Å². The maximum atomic E-state index is 5.45. The second-order valence-corrected chi connectivity index (χ2v) is 6.93. The molecule has 2 aliphatic rings. The van der Waals surface area contributed by atoms with Crippen molar-refractivity contribution in [3.05, 3.63) is 60.7 Å². The highest BCUT2D eigenvalue weighted by Gasteiger charge is 2.25. The first kappa shape index (κ1) is 18.0. The van der Waals surface area contributed by atoms with Gasteiger partial charge in [0.15, 0.2) is 0 Å². The van der Waals surface area contributed by atoms with E-state index < -0.39 is 0 Å². The zero-order valence-corrected chi connectivity index (χ0v) is 15.7. The first-order valence-electron chi connectivity index (χ1n) is 9.66. The van der Waals surface area contributed by atoms with Crippen LogP contribution in [0.3, 0.4) is 0 Å². The summed E-state index contributed by atoms with van der Waals surface area (Å²) in [5, 5.41) is 7.10. The van der Waals surface area contributed by atoms with Crippen molar-refractivity contribution in [3.8, 4) is 0 Å². The smallest absolute Gasteiger partial charge is 0.357 e. The lowest BCUT2D eigenvalue weighted by Gasteiger charge is -2.32. The van der Waals surface area contributed by atoms with Crippen LogP contribution in [0.5, 0.6) is 0 Å². The lowest BCUT2D eigenvalue weighted by atomic mass is 10.3. The monoisotopic (exact) mass is 366 g/mol. The molecule has 0 aromatic heterocycles. The van der Waals surface area contributed by atoms with Gasteiger partial charge in [0.1, 0.15) is 19.0 Å². The number of anilines is 1. The normalized spacial score (nSPS) is 19.0. The van der Waals surface area contributed by atoms with Crippen LogP contribution in [0.4, 0.5) is 11.4 Å². The molecule has 2 heterocycles. The summed E-state index contributed by atoms with van der Waals surface area (Å²) in [7, 11) is 0. The predicted octanol–water partition coefficient (Wildman–Crippen LogP) is 1.95. The van der Waals surface area contributed by atoms with E-state index in [1.807, 2.05) is 18.2 Å². The average Bonchev–Trinajstić information content (AvgIpc) is 2.75. The van der Waals surface area contributed by atoms with E-state index in [-0.39, 0.29) is 0 Å². The predicted molar refractivity (Wildman–Crippen MR) is 108 cm³/mol. The molecule has 6 nitrogen and oxygen atoms in total. The van der Waals surface area contributed by atoms with E-state index in [1.54, 1.807) is 0 Å². The molecule has 0 bridgehead atoms. The minimum absolute atomic E-state index is 0.836. The van der Waals surface area contributed by atoms with Gasteiger partial charge < -0.3 is 4.74 Å². The Balaban J connectivity index is 1.47. The quantitative estimate of drug-likeness (QED) is 0.792. The Morgan fingerprint density at radius 1 is 0.889 bits per heavy atom. The van der Waals surface area contributed by atoms with E-state index >= 15 is 0 Å². The van der Waals surface area contributed by atoms with Gasteiger partial charge in [-0.15, -0.1) is 0 Å². The lowest BCUT2D eigenvalue weighted by Crippen LogP contribution is -2.54. The summed E-state index contributed by atoms with van der Waals surface area (Å²) < 4.78 is 7.75. The number of nitrogens with zero attached hydrogens (tertiary/aromatic N) is 3. The largest absolute Gasteiger partial charge is 0.379 e. The van der Waals surface area contributed by atoms with Crippen LogP contribution >= 0.6 is 0 Å². The fraction of sp³-hybridized carbons (Fsp3) is 0.381. The zero-order chi connectivity index (χ0) is 18.3. The summed E-state index contributed by atoms with van der Waals surface area (Å²) in [6.07, 6.45) is 0. The Hall–Kier alpha value is -2.41. The summed E-state index contributed by atoms with van der Waals surface area (Å²) >= 11 is 0. The van der Waals surface area contributed by atoms with Crippen LogP contribution in [0.15, 0.2) is 60.7 Å². The molecule has 0 saturated carbocycles. The van der Waals surface area contributed by atoms with Crippen LogP contribution in [0.2, 0.25) is 0 Å². The molecule has 0 atom stereocenters. The molecule has 2 aromatic carbocycles. The SMILES string of the molecule is c1ccc(NC2=[N+](c3ccccc3)CN(CCN3CCOCC3)CN2)cc1. The van der Waals surface area contributed by atoms with Crippen molar-refractivity contribution < 1.29 is 9.31 Å². The van der Waals surface area contributed by atoms with E-state index in [0.29, 0.717) is 0 Å². The van der Waals surface area contributed by atoms with Crippen molar-refractivity contribution in [2.45, 2.75) is 0 Å². The highest BCUT2D eigenvalue weighted by Crippen LogP contribution is 2.15. The molecule has 27 heavy (non-hydrogen) atoms. The van der Waals surface area contributed by atoms with Crippen LogP contribution in [-0.2, 0) is 4.74 Å². The Kier molecular flexibility index (Phi) is 5.99. The van der Waals surface area contributed by atoms with E-state index in [1.165, 1.54) is 5.69 Å². The molecule has 1 saturated heterocycles. The summed E-state index contributed by atoms with van der Waals surface area (Å²) in [5.74, 6) is 1.02. The number of hydrogen-bond acceptors (Lipinski definition) is 5. The second kappa shape index (κ2) is 8.99. The van der Waals surface area contributed by atoms with Gasteiger partial charge in [-0.05, 0) is 24.3 Å². The maximum Gasteiger partial charge on any atom is 0.357 e. The van der Waals surface area contributed by atoms with Crippen LogP contribution in [0, 0.1) is 0 Å². The topological polar surface area (TPSA) is 42.8 Å². The molecule has 1 fully saturated rings. The third-order valence-corrected chi connectivity index (χ3v) is 5.02. The molecule has 6 heteroatoms. The molecule has 4 rings (SSSR count). The minimum Gasteiger partial charge on any atom is -0.379 e. The number of para-hydroxylation sites is 2. The minimum atomic E-state index is 0.836. The molecule has 2 aliphatic heterocycles. The van der Waals surface area contributed by atoms with Crippen molar-refractivity contribution in [1.82, 2.24) is 15.1 Å². The maximum absolute atomic E-state index is 5.45. The highest BCUT2D eigenvalue weighted by atomic mass is 16.5. The Labute approximate surface area is 161 Å². The first-order valence-corrected chi connectivity index (χ1v) is 9.66. The number of guanidine groups is 1. The first-order chi connectivity index (χ1) is 13.4. The van der Waals surface area contributed by atoms with Crippen molar-refractivity contribution in [1.29, 1.82) is 0 Å². The number of benzene rings is 2. The number of nitrogens with one attached hydrogen (secondary N) is 2. The van der Waals surface area contributed by atoms with E-state index in [0.717, 1.165) is 64.4 Å². The number of ether oxygens (including phenoxy) is 1. The van der Waals surface area contributed by atoms with Gasteiger partial charge >= 0.3 is 5.96 Å². The van der Waals surface area contributed by atoms with Gasteiger partial charge in [0.2, 0.25) is 0 Å². The molecular formula is C21H28N5O+. The highest BCUT2D eigenvalue weighted by molar-refractivity contribution is 5.90. The van der Waals surface area contributed by atoms with Gasteiger partial charge in [-0.2, -0.15) is 0 Å². The summed E-state index contributed by atoms with van der Waals surface area (Å²) in [5.41, 5.74) is 2.27. The molecule has 0 radical (unpaired) electrons.